The van der Waals surface area contributed by atoms with Crippen molar-refractivity contribution in [2.45, 2.75) is 6.04 Å². The van der Waals surface area contributed by atoms with Gasteiger partial charge in [0.25, 0.3) is 0 Å². The standard InChI is InChI=1S/C11H9Br2NS.ClH/c12-8-1-2-10(13)9(5-8)11(14)7-3-4-15-6-7;/h1-6,11H,14H2;1H/t11-;/m1./s1. The minimum absolute atomic E-state index is 0. The normalized spacial score (nSPS) is 11.9. The molecule has 0 radical (unpaired) electrons. The molecule has 16 heavy (non-hydrogen) atoms. The van der Waals surface area contributed by atoms with Gasteiger partial charge in [-0.25, -0.2) is 0 Å². The third-order valence-electron chi connectivity index (χ3n) is 2.20. The zero-order valence-corrected chi connectivity index (χ0v) is 13.0. The molecule has 1 nitrogen and oxygen atoms in total. The molecule has 86 valence electrons. The van der Waals surface area contributed by atoms with Gasteiger partial charge in [-0.3, -0.25) is 0 Å². The van der Waals surface area contributed by atoms with Crippen molar-refractivity contribution < 1.29 is 0 Å². The van der Waals surface area contributed by atoms with Crippen molar-refractivity contribution in [3.8, 4) is 0 Å². The number of hydrogen-bond donors (Lipinski definition) is 1. The molecule has 0 fully saturated rings. The summed E-state index contributed by atoms with van der Waals surface area (Å²) in [6.45, 7) is 0. The Hall–Kier alpha value is 0.130. The maximum absolute atomic E-state index is 6.19. The van der Waals surface area contributed by atoms with Crippen molar-refractivity contribution in [3.63, 3.8) is 0 Å². The van der Waals surface area contributed by atoms with E-state index in [4.69, 9.17) is 5.73 Å². The van der Waals surface area contributed by atoms with Crippen LogP contribution in [0.4, 0.5) is 0 Å². The van der Waals surface area contributed by atoms with Crippen molar-refractivity contribution in [1.82, 2.24) is 0 Å². The summed E-state index contributed by atoms with van der Waals surface area (Å²) in [6, 6.07) is 8.04. The third kappa shape index (κ3) is 3.08. The van der Waals surface area contributed by atoms with E-state index >= 15 is 0 Å². The molecule has 2 aromatic rings. The first-order valence-corrected chi connectivity index (χ1v) is 6.94. The van der Waals surface area contributed by atoms with Crippen molar-refractivity contribution in [3.05, 3.63) is 55.1 Å². The van der Waals surface area contributed by atoms with Crippen LogP contribution in [-0.4, -0.2) is 0 Å². The van der Waals surface area contributed by atoms with E-state index in [9.17, 15) is 0 Å². The summed E-state index contributed by atoms with van der Waals surface area (Å²) in [5.41, 5.74) is 8.44. The van der Waals surface area contributed by atoms with Crippen molar-refractivity contribution >= 4 is 55.6 Å². The predicted octanol–water partition coefficient (Wildman–Crippen LogP) is 4.74. The van der Waals surface area contributed by atoms with Crippen LogP contribution in [0.3, 0.4) is 0 Å². The van der Waals surface area contributed by atoms with Crippen molar-refractivity contribution in [2.24, 2.45) is 5.73 Å². The number of rotatable bonds is 2. The van der Waals surface area contributed by atoms with Gasteiger partial charge in [-0.05, 0) is 46.2 Å². The van der Waals surface area contributed by atoms with Gasteiger partial charge < -0.3 is 5.73 Å². The Morgan fingerprint density at radius 1 is 1.19 bits per heavy atom. The Morgan fingerprint density at radius 2 is 1.94 bits per heavy atom. The Labute approximate surface area is 122 Å². The topological polar surface area (TPSA) is 26.0 Å². The molecule has 0 saturated carbocycles. The van der Waals surface area contributed by atoms with Crippen LogP contribution in [0.25, 0.3) is 0 Å². The summed E-state index contributed by atoms with van der Waals surface area (Å²) in [4.78, 5) is 0. The van der Waals surface area contributed by atoms with Gasteiger partial charge in [-0.2, -0.15) is 11.3 Å². The van der Waals surface area contributed by atoms with Crippen LogP contribution in [0.15, 0.2) is 44.0 Å². The molecule has 0 spiro atoms. The zero-order chi connectivity index (χ0) is 10.8. The molecule has 1 aromatic carbocycles. The fourth-order valence-corrected chi connectivity index (χ4v) is 2.95. The van der Waals surface area contributed by atoms with E-state index in [2.05, 4.69) is 43.3 Å². The molecular weight excluding hydrogens is 373 g/mol. The Bertz CT molecular complexity index is 459. The first-order chi connectivity index (χ1) is 7.18. The quantitative estimate of drug-likeness (QED) is 0.796. The van der Waals surface area contributed by atoms with Crippen LogP contribution in [-0.2, 0) is 0 Å². The lowest BCUT2D eigenvalue weighted by Gasteiger charge is -2.12. The van der Waals surface area contributed by atoms with Crippen LogP contribution in [0.5, 0.6) is 0 Å². The van der Waals surface area contributed by atoms with E-state index in [0.29, 0.717) is 0 Å². The van der Waals surface area contributed by atoms with Gasteiger partial charge in [0.2, 0.25) is 0 Å². The Balaban J connectivity index is 0.00000128. The third-order valence-corrected chi connectivity index (χ3v) is 4.11. The SMILES string of the molecule is Cl.N[C@H](c1ccsc1)c1cc(Br)ccc1Br. The van der Waals surface area contributed by atoms with E-state index in [0.717, 1.165) is 20.1 Å². The molecule has 0 amide bonds. The molecule has 2 rings (SSSR count). The molecule has 0 unspecified atom stereocenters. The highest BCUT2D eigenvalue weighted by Gasteiger charge is 2.12. The maximum atomic E-state index is 6.19. The molecule has 1 aromatic heterocycles. The van der Waals surface area contributed by atoms with E-state index in [1.807, 2.05) is 23.6 Å². The fourth-order valence-electron chi connectivity index (χ4n) is 1.38. The summed E-state index contributed by atoms with van der Waals surface area (Å²) in [6.07, 6.45) is 0. The van der Waals surface area contributed by atoms with Gasteiger partial charge in [0, 0.05) is 8.95 Å². The molecule has 0 saturated heterocycles. The molecule has 0 aliphatic rings. The highest BCUT2D eigenvalue weighted by molar-refractivity contribution is 9.11. The fraction of sp³-hybridized carbons (Fsp3) is 0.0909. The van der Waals surface area contributed by atoms with Crippen molar-refractivity contribution in [1.29, 1.82) is 0 Å². The molecule has 0 bridgehead atoms. The molecular formula is C11H10Br2ClNS. The van der Waals surface area contributed by atoms with Crippen LogP contribution in [0.1, 0.15) is 17.2 Å². The minimum Gasteiger partial charge on any atom is -0.320 e. The van der Waals surface area contributed by atoms with E-state index in [-0.39, 0.29) is 18.4 Å². The van der Waals surface area contributed by atoms with Gasteiger partial charge in [0.1, 0.15) is 0 Å². The number of nitrogens with two attached hydrogens (primary N) is 1. The lowest BCUT2D eigenvalue weighted by atomic mass is 10.0. The van der Waals surface area contributed by atoms with E-state index in [1.54, 1.807) is 11.3 Å². The second kappa shape index (κ2) is 6.17. The van der Waals surface area contributed by atoms with Gasteiger partial charge in [-0.15, -0.1) is 12.4 Å². The average molecular weight is 384 g/mol. The molecule has 2 N–H and O–H groups in total. The number of thiophene rings is 1. The second-order valence-corrected chi connectivity index (χ2v) is 5.75. The summed E-state index contributed by atoms with van der Waals surface area (Å²) in [7, 11) is 0. The monoisotopic (exact) mass is 381 g/mol. The van der Waals surface area contributed by atoms with E-state index < -0.39 is 0 Å². The van der Waals surface area contributed by atoms with Gasteiger partial charge in [0.15, 0.2) is 0 Å². The Morgan fingerprint density at radius 3 is 2.56 bits per heavy atom. The molecule has 1 atom stereocenters. The molecule has 0 aliphatic heterocycles. The molecule has 1 heterocycles. The Kier molecular flexibility index (Phi) is 5.47. The smallest absolute Gasteiger partial charge is 0.0571 e. The molecule has 0 aliphatic carbocycles. The first-order valence-electron chi connectivity index (χ1n) is 4.41. The first kappa shape index (κ1) is 14.2. The van der Waals surface area contributed by atoms with E-state index in [1.165, 1.54) is 0 Å². The van der Waals surface area contributed by atoms with Crippen LogP contribution >= 0.6 is 55.6 Å². The lowest BCUT2D eigenvalue weighted by Crippen LogP contribution is -2.11. The van der Waals surface area contributed by atoms with Crippen LogP contribution in [0, 0.1) is 0 Å². The molecule has 5 heteroatoms. The van der Waals surface area contributed by atoms with Gasteiger partial charge in [0.05, 0.1) is 6.04 Å². The number of halogens is 3. The summed E-state index contributed by atoms with van der Waals surface area (Å²) in [5, 5.41) is 4.12. The summed E-state index contributed by atoms with van der Waals surface area (Å²) < 4.78 is 2.09. The van der Waals surface area contributed by atoms with Gasteiger partial charge >= 0.3 is 0 Å². The number of hydrogen-bond acceptors (Lipinski definition) is 2. The summed E-state index contributed by atoms with van der Waals surface area (Å²) in [5.74, 6) is 0. The predicted molar refractivity (Wildman–Crippen MR) is 79.4 cm³/mol. The minimum atomic E-state index is -0.0666. The second-order valence-electron chi connectivity index (χ2n) is 3.20. The highest BCUT2D eigenvalue weighted by atomic mass is 79.9. The highest BCUT2D eigenvalue weighted by Crippen LogP contribution is 2.30. The largest absolute Gasteiger partial charge is 0.320 e. The van der Waals surface area contributed by atoms with Gasteiger partial charge in [-0.1, -0.05) is 31.9 Å². The van der Waals surface area contributed by atoms with Crippen LogP contribution in [0.2, 0.25) is 0 Å². The average Bonchev–Trinajstić information content (AvgIpc) is 2.74. The van der Waals surface area contributed by atoms with Crippen molar-refractivity contribution in [2.75, 3.05) is 0 Å². The van der Waals surface area contributed by atoms with Crippen LogP contribution < -0.4 is 5.73 Å². The zero-order valence-electron chi connectivity index (χ0n) is 8.19. The number of benzene rings is 1. The maximum Gasteiger partial charge on any atom is 0.0571 e. The lowest BCUT2D eigenvalue weighted by molar-refractivity contribution is 0.870. The summed E-state index contributed by atoms with van der Waals surface area (Å²) >= 11 is 8.64.